The van der Waals surface area contributed by atoms with E-state index in [0.717, 1.165) is 36.3 Å². The molecule has 1 atom stereocenters. The molecule has 1 fully saturated rings. The van der Waals surface area contributed by atoms with Gasteiger partial charge < -0.3 is 14.4 Å². The third kappa shape index (κ3) is 4.06. The molecule has 0 radical (unpaired) electrons. The Kier molecular flexibility index (Phi) is 4.94. The Bertz CT molecular complexity index is 1060. The van der Waals surface area contributed by atoms with E-state index in [-0.39, 0.29) is 24.7 Å². The third-order valence-corrected chi connectivity index (χ3v) is 5.70. The van der Waals surface area contributed by atoms with Crippen LogP contribution in [0.25, 0.3) is 0 Å². The molecule has 2 aliphatic heterocycles. The minimum atomic E-state index is -0.561. The summed E-state index contributed by atoms with van der Waals surface area (Å²) in [6.45, 7) is 5.28. The molecular formula is C21H25N3O5. The van der Waals surface area contributed by atoms with Crippen LogP contribution in [0.3, 0.4) is 0 Å². The summed E-state index contributed by atoms with van der Waals surface area (Å²) in [5, 5.41) is 0. The molecule has 0 bridgehead atoms. The second-order valence-corrected chi connectivity index (χ2v) is 8.29. The smallest absolute Gasteiger partial charge is 0.328 e. The van der Waals surface area contributed by atoms with Crippen molar-refractivity contribution in [3.63, 3.8) is 0 Å². The fraction of sp³-hybridized carbons (Fsp3) is 0.476. The molecule has 0 saturated carbocycles. The van der Waals surface area contributed by atoms with Gasteiger partial charge in [0.1, 0.15) is 6.54 Å². The summed E-state index contributed by atoms with van der Waals surface area (Å²) in [6.07, 6.45) is 4.19. The summed E-state index contributed by atoms with van der Waals surface area (Å²) in [7, 11) is 0. The summed E-state index contributed by atoms with van der Waals surface area (Å²) in [5.41, 5.74) is 0.511. The average Bonchev–Trinajstić information content (AvgIpc) is 3.13. The Morgan fingerprint density at radius 3 is 2.86 bits per heavy atom. The van der Waals surface area contributed by atoms with E-state index in [1.54, 1.807) is 6.92 Å². The van der Waals surface area contributed by atoms with Crippen LogP contribution in [0.15, 0.2) is 34.0 Å². The Hall–Kier alpha value is -3.03. The highest BCUT2D eigenvalue weighted by Crippen LogP contribution is 2.37. The first-order valence-electron chi connectivity index (χ1n) is 9.80. The largest absolute Gasteiger partial charge is 0.454 e. The molecule has 1 aromatic carbocycles. The average molecular weight is 399 g/mol. The van der Waals surface area contributed by atoms with Gasteiger partial charge in [0.2, 0.25) is 12.7 Å². The van der Waals surface area contributed by atoms with E-state index in [1.165, 1.54) is 10.8 Å². The van der Waals surface area contributed by atoms with Crippen LogP contribution >= 0.6 is 0 Å². The van der Waals surface area contributed by atoms with E-state index in [2.05, 4.69) is 11.9 Å². The second-order valence-electron chi connectivity index (χ2n) is 8.29. The van der Waals surface area contributed by atoms with Gasteiger partial charge in [-0.2, -0.15) is 0 Å². The van der Waals surface area contributed by atoms with Crippen LogP contribution in [-0.2, 0) is 17.8 Å². The molecule has 8 heteroatoms. The number of aromatic nitrogens is 2. The van der Waals surface area contributed by atoms with Crippen molar-refractivity contribution in [2.45, 2.75) is 39.7 Å². The topological polar surface area (TPSA) is 93.6 Å². The minimum Gasteiger partial charge on any atom is -0.454 e. The first-order chi connectivity index (χ1) is 13.8. The van der Waals surface area contributed by atoms with E-state index in [4.69, 9.17) is 9.47 Å². The maximum Gasteiger partial charge on any atom is 0.328 e. The number of aryl methyl sites for hydroxylation is 1. The lowest BCUT2D eigenvalue weighted by Crippen LogP contribution is -2.47. The van der Waals surface area contributed by atoms with Crippen molar-refractivity contribution in [1.29, 1.82) is 0 Å². The van der Waals surface area contributed by atoms with Crippen molar-refractivity contribution in [3.8, 4) is 11.5 Å². The summed E-state index contributed by atoms with van der Waals surface area (Å²) >= 11 is 0. The Balaban J connectivity index is 1.46. The lowest BCUT2D eigenvalue weighted by molar-refractivity contribution is -0.135. The summed E-state index contributed by atoms with van der Waals surface area (Å²) in [5.74, 6) is 1.42. The van der Waals surface area contributed by atoms with Gasteiger partial charge in [-0.05, 0) is 49.3 Å². The number of H-pyrrole nitrogens is 1. The van der Waals surface area contributed by atoms with Gasteiger partial charge in [-0.1, -0.05) is 13.0 Å². The van der Waals surface area contributed by atoms with Crippen LogP contribution in [0.5, 0.6) is 11.5 Å². The van der Waals surface area contributed by atoms with Crippen LogP contribution in [-0.4, -0.2) is 40.2 Å². The van der Waals surface area contributed by atoms with Gasteiger partial charge >= 0.3 is 5.69 Å². The maximum atomic E-state index is 12.8. The number of hydrogen-bond acceptors (Lipinski definition) is 5. The predicted octanol–water partition coefficient (Wildman–Crippen LogP) is 1.45. The number of aromatic amines is 1. The predicted molar refractivity (Wildman–Crippen MR) is 106 cm³/mol. The number of rotatable bonds is 4. The van der Waals surface area contributed by atoms with Crippen molar-refractivity contribution in [3.05, 3.63) is 56.4 Å². The van der Waals surface area contributed by atoms with Crippen LogP contribution in [0, 0.1) is 12.3 Å². The first kappa shape index (κ1) is 19.3. The van der Waals surface area contributed by atoms with Crippen LogP contribution < -0.4 is 20.7 Å². The SMILES string of the molecule is Cc1cn(CC(=O)N2CCC[C@@](C)(Cc3ccc4c(c3)OCO4)C2)c(=O)[nH]c1=O. The molecule has 0 aliphatic carbocycles. The van der Waals surface area contributed by atoms with Gasteiger partial charge in [0.15, 0.2) is 11.5 Å². The van der Waals surface area contributed by atoms with Gasteiger partial charge in [0.25, 0.3) is 5.56 Å². The molecule has 0 spiro atoms. The zero-order chi connectivity index (χ0) is 20.6. The second kappa shape index (κ2) is 7.42. The molecule has 29 heavy (non-hydrogen) atoms. The summed E-state index contributed by atoms with van der Waals surface area (Å²) < 4.78 is 12.1. The number of nitrogens with zero attached hydrogens (tertiary/aromatic N) is 2. The number of piperidine rings is 1. The quantitative estimate of drug-likeness (QED) is 0.840. The van der Waals surface area contributed by atoms with Gasteiger partial charge in [-0.25, -0.2) is 4.79 Å². The lowest BCUT2D eigenvalue weighted by Gasteiger charge is -2.41. The van der Waals surface area contributed by atoms with E-state index < -0.39 is 11.2 Å². The molecule has 1 N–H and O–H groups in total. The monoisotopic (exact) mass is 399 g/mol. The summed E-state index contributed by atoms with van der Waals surface area (Å²) in [6, 6.07) is 5.98. The van der Waals surface area contributed by atoms with Crippen LogP contribution in [0.1, 0.15) is 30.9 Å². The van der Waals surface area contributed by atoms with E-state index in [0.29, 0.717) is 18.7 Å². The van der Waals surface area contributed by atoms with Crippen molar-refractivity contribution in [2.75, 3.05) is 19.9 Å². The van der Waals surface area contributed by atoms with Gasteiger partial charge in [-0.3, -0.25) is 19.1 Å². The number of hydrogen-bond donors (Lipinski definition) is 1. The van der Waals surface area contributed by atoms with Crippen molar-refractivity contribution < 1.29 is 14.3 Å². The third-order valence-electron chi connectivity index (χ3n) is 5.70. The normalized spacial score (nSPS) is 20.7. The van der Waals surface area contributed by atoms with E-state index in [1.807, 2.05) is 23.1 Å². The molecule has 2 aliphatic rings. The molecule has 3 heterocycles. The fourth-order valence-corrected chi connectivity index (χ4v) is 4.20. The first-order valence-corrected chi connectivity index (χ1v) is 9.80. The molecule has 1 amide bonds. The number of likely N-dealkylation sites (tertiary alicyclic amines) is 1. The fourth-order valence-electron chi connectivity index (χ4n) is 4.20. The van der Waals surface area contributed by atoms with Crippen LogP contribution in [0.4, 0.5) is 0 Å². The Morgan fingerprint density at radius 1 is 1.24 bits per heavy atom. The van der Waals surface area contributed by atoms with Crippen molar-refractivity contribution >= 4 is 5.91 Å². The number of benzene rings is 1. The molecule has 2 aromatic rings. The highest BCUT2D eigenvalue weighted by molar-refractivity contribution is 5.76. The molecule has 0 unspecified atom stereocenters. The zero-order valence-electron chi connectivity index (χ0n) is 16.7. The highest BCUT2D eigenvalue weighted by Gasteiger charge is 2.33. The van der Waals surface area contributed by atoms with E-state index >= 15 is 0 Å². The molecule has 8 nitrogen and oxygen atoms in total. The maximum absolute atomic E-state index is 12.8. The van der Waals surface area contributed by atoms with Gasteiger partial charge in [0.05, 0.1) is 0 Å². The molecular weight excluding hydrogens is 374 g/mol. The number of carbonyl (C=O) groups is 1. The number of carbonyl (C=O) groups excluding carboxylic acids is 1. The molecule has 1 saturated heterocycles. The zero-order valence-corrected chi connectivity index (χ0v) is 16.7. The van der Waals surface area contributed by atoms with Crippen molar-refractivity contribution in [2.24, 2.45) is 5.41 Å². The summed E-state index contributed by atoms with van der Waals surface area (Å²) in [4.78, 5) is 40.4. The number of amides is 1. The van der Waals surface area contributed by atoms with Crippen LogP contribution in [0.2, 0.25) is 0 Å². The lowest BCUT2D eigenvalue weighted by atomic mass is 9.77. The minimum absolute atomic E-state index is 0.0620. The standard InChI is InChI=1S/C21H25N3O5/c1-14-10-24(20(27)22-19(14)26)11-18(25)23-7-3-6-21(2,12-23)9-15-4-5-16-17(8-15)29-13-28-16/h4-5,8,10H,3,6-7,9,11-13H2,1-2H3,(H,22,26,27)/t21-/m0/s1. The number of fused-ring (bicyclic) bond motifs is 1. The molecule has 1 aromatic heterocycles. The van der Waals surface area contributed by atoms with Gasteiger partial charge in [-0.15, -0.1) is 0 Å². The highest BCUT2D eigenvalue weighted by atomic mass is 16.7. The number of nitrogens with one attached hydrogen (secondary N) is 1. The van der Waals surface area contributed by atoms with Gasteiger partial charge in [0, 0.05) is 24.8 Å². The number of ether oxygens (including phenoxy) is 2. The van der Waals surface area contributed by atoms with Crippen molar-refractivity contribution in [1.82, 2.24) is 14.5 Å². The molecule has 4 rings (SSSR count). The molecule has 154 valence electrons. The Morgan fingerprint density at radius 2 is 2.03 bits per heavy atom. The Labute approximate surface area is 168 Å². The van der Waals surface area contributed by atoms with E-state index in [9.17, 15) is 14.4 Å².